The van der Waals surface area contributed by atoms with Gasteiger partial charge in [0.25, 0.3) is 0 Å². The van der Waals surface area contributed by atoms with Crippen molar-refractivity contribution in [2.24, 2.45) is 0 Å². The van der Waals surface area contributed by atoms with Crippen LogP contribution in [0, 0.1) is 0 Å². The lowest BCUT2D eigenvalue weighted by molar-refractivity contribution is -0.140. The molecule has 1 heterocycles. The van der Waals surface area contributed by atoms with Gasteiger partial charge in [-0.1, -0.05) is 55.3 Å². The van der Waals surface area contributed by atoms with E-state index in [0.717, 1.165) is 50.6 Å². The summed E-state index contributed by atoms with van der Waals surface area (Å²) in [6.45, 7) is 0.757. The number of rotatable bonds is 11. The largest absolute Gasteiger partial charge is 0.469 e. The summed E-state index contributed by atoms with van der Waals surface area (Å²) in [5.74, 6) is 0.0631. The molecule has 0 saturated carbocycles. The van der Waals surface area contributed by atoms with Crippen LogP contribution >= 0.6 is 0 Å². The number of nitrogens with zero attached hydrogens (tertiary/aromatic N) is 1. The van der Waals surface area contributed by atoms with Crippen LogP contribution in [-0.2, 0) is 14.3 Å². The number of aliphatic hydroxyl groups excluding tert-OH is 1. The molecule has 0 radical (unpaired) electrons. The molecule has 1 amide bonds. The Kier molecular flexibility index (Phi) is 9.77. The topological polar surface area (TPSA) is 66.8 Å². The van der Waals surface area contributed by atoms with E-state index in [1.165, 1.54) is 7.11 Å². The summed E-state index contributed by atoms with van der Waals surface area (Å²) in [6.07, 6.45) is 10.9. The van der Waals surface area contributed by atoms with Crippen LogP contribution in [0.1, 0.15) is 69.5 Å². The first-order chi connectivity index (χ1) is 13.6. The zero-order chi connectivity index (χ0) is 20.2. The van der Waals surface area contributed by atoms with Gasteiger partial charge < -0.3 is 14.7 Å². The number of carbonyl (C=O) groups excluding carboxylic acids is 2. The molecule has 28 heavy (non-hydrogen) atoms. The van der Waals surface area contributed by atoms with Crippen LogP contribution in [0.15, 0.2) is 42.5 Å². The van der Waals surface area contributed by atoms with Crippen LogP contribution in [0.5, 0.6) is 0 Å². The lowest BCUT2D eigenvalue weighted by Crippen LogP contribution is -2.43. The van der Waals surface area contributed by atoms with Gasteiger partial charge in [-0.25, -0.2) is 0 Å². The smallest absolute Gasteiger partial charge is 0.305 e. The maximum atomic E-state index is 12.4. The van der Waals surface area contributed by atoms with Gasteiger partial charge in [-0.15, -0.1) is 0 Å². The second-order valence-corrected chi connectivity index (χ2v) is 7.38. The Morgan fingerprint density at radius 1 is 1.25 bits per heavy atom. The third-order valence-electron chi connectivity index (χ3n) is 5.27. The zero-order valence-electron chi connectivity index (χ0n) is 16.9. The molecule has 1 aromatic carbocycles. The highest BCUT2D eigenvalue weighted by molar-refractivity contribution is 5.77. The molecule has 1 aliphatic rings. The molecular formula is C23H33NO4. The highest BCUT2D eigenvalue weighted by Gasteiger charge is 2.25. The van der Waals surface area contributed by atoms with Gasteiger partial charge >= 0.3 is 5.97 Å². The maximum Gasteiger partial charge on any atom is 0.305 e. The van der Waals surface area contributed by atoms with E-state index >= 15 is 0 Å². The Labute approximate surface area is 168 Å². The molecule has 2 rings (SSSR count). The van der Waals surface area contributed by atoms with Crippen LogP contribution in [0.4, 0.5) is 0 Å². The van der Waals surface area contributed by atoms with Crippen molar-refractivity contribution in [1.29, 1.82) is 0 Å². The van der Waals surface area contributed by atoms with E-state index in [1.807, 2.05) is 41.3 Å². The number of esters is 1. The number of ether oxygens (including phenoxy) is 1. The Bertz CT molecular complexity index is 629. The molecule has 1 N–H and O–H groups in total. The summed E-state index contributed by atoms with van der Waals surface area (Å²) in [4.78, 5) is 25.5. The van der Waals surface area contributed by atoms with Gasteiger partial charge in [0.1, 0.15) is 0 Å². The molecule has 1 aromatic rings. The lowest BCUT2D eigenvalue weighted by atomic mass is 9.99. The molecule has 0 aromatic heterocycles. The molecule has 5 nitrogen and oxygen atoms in total. The number of piperidine rings is 1. The summed E-state index contributed by atoms with van der Waals surface area (Å²) < 4.78 is 4.65. The summed E-state index contributed by atoms with van der Waals surface area (Å²) in [5, 5.41) is 10.3. The van der Waals surface area contributed by atoms with E-state index in [-0.39, 0.29) is 17.9 Å². The van der Waals surface area contributed by atoms with E-state index in [4.69, 9.17) is 0 Å². The van der Waals surface area contributed by atoms with Crippen molar-refractivity contribution in [1.82, 2.24) is 4.90 Å². The molecule has 0 bridgehead atoms. The molecule has 1 aliphatic heterocycles. The number of aliphatic hydroxyl groups is 1. The van der Waals surface area contributed by atoms with Gasteiger partial charge in [0.2, 0.25) is 5.91 Å². The number of hydrogen-bond donors (Lipinski definition) is 1. The van der Waals surface area contributed by atoms with Crippen molar-refractivity contribution in [3.8, 4) is 0 Å². The van der Waals surface area contributed by atoms with Crippen molar-refractivity contribution in [3.05, 3.63) is 48.0 Å². The van der Waals surface area contributed by atoms with E-state index in [9.17, 15) is 14.7 Å². The van der Waals surface area contributed by atoms with Gasteiger partial charge in [-0.2, -0.15) is 0 Å². The average molecular weight is 388 g/mol. The molecular weight excluding hydrogens is 354 g/mol. The van der Waals surface area contributed by atoms with E-state index in [1.54, 1.807) is 0 Å². The molecule has 2 atom stereocenters. The normalized spacial score (nSPS) is 18.4. The minimum atomic E-state index is -0.514. The Morgan fingerprint density at radius 2 is 2.00 bits per heavy atom. The van der Waals surface area contributed by atoms with Gasteiger partial charge in [-0.05, 0) is 37.7 Å². The van der Waals surface area contributed by atoms with Gasteiger partial charge in [0, 0.05) is 25.4 Å². The predicted molar refractivity (Wildman–Crippen MR) is 110 cm³/mol. The second kappa shape index (κ2) is 12.3. The fourth-order valence-electron chi connectivity index (χ4n) is 3.62. The number of carbonyl (C=O) groups is 2. The average Bonchev–Trinajstić information content (AvgIpc) is 2.72. The third kappa shape index (κ3) is 7.47. The number of likely N-dealkylation sites (tertiary alicyclic amines) is 1. The molecule has 0 spiro atoms. The van der Waals surface area contributed by atoms with E-state index in [0.29, 0.717) is 19.3 Å². The highest BCUT2D eigenvalue weighted by Crippen LogP contribution is 2.22. The summed E-state index contributed by atoms with van der Waals surface area (Å²) in [5.41, 5.74) is 0.913. The van der Waals surface area contributed by atoms with Gasteiger partial charge in [0.15, 0.2) is 0 Å². The van der Waals surface area contributed by atoms with Crippen molar-refractivity contribution < 1.29 is 19.4 Å². The van der Waals surface area contributed by atoms with E-state index < -0.39 is 6.10 Å². The summed E-state index contributed by atoms with van der Waals surface area (Å²) >= 11 is 0. The first-order valence-corrected chi connectivity index (χ1v) is 10.4. The molecule has 1 fully saturated rings. The number of hydrogen-bond acceptors (Lipinski definition) is 4. The van der Waals surface area contributed by atoms with Gasteiger partial charge in [0.05, 0.1) is 13.2 Å². The van der Waals surface area contributed by atoms with Crippen molar-refractivity contribution in [3.63, 3.8) is 0 Å². The van der Waals surface area contributed by atoms with Crippen LogP contribution in [0.25, 0.3) is 0 Å². The Balaban J connectivity index is 1.76. The number of unbranched alkanes of at least 4 members (excludes halogenated alkanes) is 3. The standard InChI is InChI=1S/C23H33NO4/c1-28-23(27)17-7-2-3-8-18-24-20(14-10-16-22(24)26)13-9-15-21(25)19-11-5-4-6-12-19/h4-6,9,11-13,20-21,25H,2-3,7-8,10,14-18H2,1H3/b13-9+. The van der Waals surface area contributed by atoms with Crippen LogP contribution in [-0.4, -0.2) is 41.6 Å². The first-order valence-electron chi connectivity index (χ1n) is 10.4. The highest BCUT2D eigenvalue weighted by atomic mass is 16.5. The monoisotopic (exact) mass is 387 g/mol. The molecule has 0 aliphatic carbocycles. The summed E-state index contributed by atoms with van der Waals surface area (Å²) in [6, 6.07) is 9.76. The predicted octanol–water partition coefficient (Wildman–Crippen LogP) is 4.17. The summed E-state index contributed by atoms with van der Waals surface area (Å²) in [7, 11) is 1.41. The van der Waals surface area contributed by atoms with E-state index in [2.05, 4.69) is 10.8 Å². The molecule has 2 unspecified atom stereocenters. The van der Waals surface area contributed by atoms with Crippen LogP contribution in [0.2, 0.25) is 0 Å². The molecule has 154 valence electrons. The maximum absolute atomic E-state index is 12.4. The second-order valence-electron chi connectivity index (χ2n) is 7.38. The number of methoxy groups -OCH3 is 1. The minimum Gasteiger partial charge on any atom is -0.469 e. The zero-order valence-corrected chi connectivity index (χ0v) is 16.9. The fourth-order valence-corrected chi connectivity index (χ4v) is 3.62. The van der Waals surface area contributed by atoms with Gasteiger partial charge in [-0.3, -0.25) is 9.59 Å². The fraction of sp³-hybridized carbons (Fsp3) is 0.565. The molecule has 1 saturated heterocycles. The first kappa shape index (κ1) is 22.2. The van der Waals surface area contributed by atoms with Crippen molar-refractivity contribution >= 4 is 11.9 Å². The Hall–Kier alpha value is -2.14. The van der Waals surface area contributed by atoms with Crippen LogP contribution < -0.4 is 0 Å². The third-order valence-corrected chi connectivity index (χ3v) is 5.27. The lowest BCUT2D eigenvalue weighted by Gasteiger charge is -2.34. The van der Waals surface area contributed by atoms with Crippen molar-refractivity contribution in [2.75, 3.05) is 13.7 Å². The Morgan fingerprint density at radius 3 is 2.75 bits per heavy atom. The number of benzene rings is 1. The molecule has 5 heteroatoms. The van der Waals surface area contributed by atoms with Crippen molar-refractivity contribution in [2.45, 2.75) is 69.9 Å². The van der Waals surface area contributed by atoms with Crippen LogP contribution in [0.3, 0.4) is 0 Å². The SMILES string of the molecule is COC(=O)CCCCCCN1C(=O)CCCC1/C=C/CC(O)c1ccccc1. The quantitative estimate of drug-likeness (QED) is 0.351. The minimum absolute atomic E-state index is 0.124. The number of amides is 1.